The van der Waals surface area contributed by atoms with Gasteiger partial charge in [-0.05, 0) is 13.8 Å². The lowest BCUT2D eigenvalue weighted by Gasteiger charge is -2.24. The fourth-order valence-corrected chi connectivity index (χ4v) is 1.19. The van der Waals surface area contributed by atoms with E-state index >= 15 is 0 Å². The Morgan fingerprint density at radius 3 is 2.47 bits per heavy atom. The third-order valence-electron chi connectivity index (χ3n) is 1.74. The van der Waals surface area contributed by atoms with E-state index in [-0.39, 0.29) is 12.3 Å². The average Bonchev–Trinajstić information content (AvgIpc) is 2.06. The molecule has 1 heterocycles. The van der Waals surface area contributed by atoms with Gasteiger partial charge in [-0.15, -0.1) is 0 Å². The van der Waals surface area contributed by atoms with E-state index in [2.05, 4.69) is 15.3 Å². The first kappa shape index (κ1) is 11.2. The zero-order chi connectivity index (χ0) is 11.5. The second-order valence-electron chi connectivity index (χ2n) is 3.99. The summed E-state index contributed by atoms with van der Waals surface area (Å²) >= 11 is 0. The molecule has 0 aromatic carbocycles. The van der Waals surface area contributed by atoms with E-state index in [1.807, 2.05) is 13.8 Å². The molecule has 0 atom stereocenters. The maximum atomic E-state index is 10.8. The molecule has 1 rings (SSSR count). The van der Waals surface area contributed by atoms with Crippen LogP contribution in [0.4, 0.5) is 11.6 Å². The summed E-state index contributed by atoms with van der Waals surface area (Å²) in [7, 11) is 0. The highest BCUT2D eigenvalue weighted by molar-refractivity contribution is 5.75. The van der Waals surface area contributed by atoms with E-state index in [0.717, 1.165) is 0 Å². The Morgan fingerprint density at radius 1 is 1.47 bits per heavy atom. The van der Waals surface area contributed by atoms with Crippen LogP contribution in [0.3, 0.4) is 0 Å². The lowest BCUT2D eigenvalue weighted by Crippen LogP contribution is -2.36. The fraction of sp³-hybridized carbons (Fsp3) is 0.444. The number of nitrogens with two attached hydrogens (primary N) is 2. The van der Waals surface area contributed by atoms with E-state index in [1.165, 1.54) is 12.4 Å². The number of rotatable bonds is 4. The van der Waals surface area contributed by atoms with Crippen molar-refractivity contribution in [3.05, 3.63) is 12.4 Å². The first-order valence-corrected chi connectivity index (χ1v) is 4.53. The van der Waals surface area contributed by atoms with Crippen LogP contribution in [-0.2, 0) is 4.79 Å². The highest BCUT2D eigenvalue weighted by Crippen LogP contribution is 2.14. The van der Waals surface area contributed by atoms with Gasteiger partial charge in [-0.2, -0.15) is 0 Å². The lowest BCUT2D eigenvalue weighted by molar-refractivity contribution is -0.118. The molecule has 6 nitrogen and oxygen atoms in total. The largest absolute Gasteiger partial charge is 0.396 e. The second kappa shape index (κ2) is 4.12. The molecule has 0 saturated heterocycles. The summed E-state index contributed by atoms with van der Waals surface area (Å²) in [5.41, 5.74) is 10.6. The molecule has 0 fully saturated rings. The van der Waals surface area contributed by atoms with Crippen molar-refractivity contribution in [3.8, 4) is 0 Å². The number of hydrogen-bond acceptors (Lipinski definition) is 5. The Labute approximate surface area is 88.1 Å². The second-order valence-corrected chi connectivity index (χ2v) is 3.99. The number of nitrogens with zero attached hydrogens (tertiary/aromatic N) is 2. The molecule has 0 bridgehead atoms. The molecule has 0 saturated carbocycles. The van der Waals surface area contributed by atoms with Gasteiger partial charge in [-0.1, -0.05) is 0 Å². The number of primary amides is 1. The minimum Gasteiger partial charge on any atom is -0.396 e. The van der Waals surface area contributed by atoms with Crippen molar-refractivity contribution in [1.82, 2.24) is 9.97 Å². The normalized spacial score (nSPS) is 11.1. The minimum absolute atomic E-state index is 0.209. The van der Waals surface area contributed by atoms with E-state index in [0.29, 0.717) is 11.6 Å². The van der Waals surface area contributed by atoms with Gasteiger partial charge in [0, 0.05) is 12.0 Å². The van der Waals surface area contributed by atoms with Crippen molar-refractivity contribution in [2.24, 2.45) is 5.73 Å². The molecular formula is C9H15N5O. The summed E-state index contributed by atoms with van der Waals surface area (Å²) in [4.78, 5) is 18.7. The molecule has 0 spiro atoms. The quantitative estimate of drug-likeness (QED) is 0.653. The van der Waals surface area contributed by atoms with Crippen LogP contribution in [0.25, 0.3) is 0 Å². The Bertz CT molecular complexity index is 346. The maximum Gasteiger partial charge on any atom is 0.223 e. The first-order chi connectivity index (χ1) is 6.89. The number of carbonyl (C=O) groups excluding carboxylic acids is 1. The van der Waals surface area contributed by atoms with Gasteiger partial charge in [0.2, 0.25) is 11.9 Å². The minimum atomic E-state index is -0.470. The van der Waals surface area contributed by atoms with Crippen LogP contribution in [0.15, 0.2) is 12.4 Å². The Balaban J connectivity index is 2.68. The third-order valence-corrected chi connectivity index (χ3v) is 1.74. The number of carbonyl (C=O) groups is 1. The van der Waals surface area contributed by atoms with Crippen molar-refractivity contribution in [2.75, 3.05) is 11.1 Å². The van der Waals surface area contributed by atoms with Gasteiger partial charge in [0.05, 0.1) is 18.1 Å². The van der Waals surface area contributed by atoms with E-state index in [9.17, 15) is 4.79 Å². The zero-order valence-corrected chi connectivity index (χ0v) is 8.82. The molecule has 6 heteroatoms. The van der Waals surface area contributed by atoms with Crippen molar-refractivity contribution in [3.63, 3.8) is 0 Å². The summed E-state index contributed by atoms with van der Waals surface area (Å²) in [5.74, 6) is 0.0541. The molecule has 1 amide bonds. The number of anilines is 2. The Kier molecular flexibility index (Phi) is 3.08. The number of hydrogen-bond donors (Lipinski definition) is 3. The number of amides is 1. The Morgan fingerprint density at radius 2 is 2.00 bits per heavy atom. The van der Waals surface area contributed by atoms with Gasteiger partial charge in [-0.3, -0.25) is 4.79 Å². The van der Waals surface area contributed by atoms with Gasteiger partial charge in [0.1, 0.15) is 0 Å². The van der Waals surface area contributed by atoms with Crippen molar-refractivity contribution in [1.29, 1.82) is 0 Å². The van der Waals surface area contributed by atoms with Crippen LogP contribution >= 0.6 is 0 Å². The molecule has 0 aliphatic rings. The van der Waals surface area contributed by atoms with Crippen LogP contribution in [0.1, 0.15) is 20.3 Å². The van der Waals surface area contributed by atoms with Crippen molar-refractivity contribution >= 4 is 17.5 Å². The van der Waals surface area contributed by atoms with Crippen LogP contribution in [0.5, 0.6) is 0 Å². The molecule has 0 radical (unpaired) electrons. The monoisotopic (exact) mass is 209 g/mol. The molecule has 15 heavy (non-hydrogen) atoms. The van der Waals surface area contributed by atoms with Gasteiger partial charge in [0.25, 0.3) is 0 Å². The van der Waals surface area contributed by atoms with Gasteiger partial charge < -0.3 is 16.8 Å². The summed E-state index contributed by atoms with van der Waals surface area (Å²) in [6.07, 6.45) is 3.20. The molecule has 0 aliphatic heterocycles. The molecule has 82 valence electrons. The zero-order valence-electron chi connectivity index (χ0n) is 8.82. The predicted molar refractivity (Wildman–Crippen MR) is 58.0 cm³/mol. The molecule has 1 aromatic heterocycles. The van der Waals surface area contributed by atoms with Crippen LogP contribution in [0, 0.1) is 0 Å². The molecule has 1 aromatic rings. The third kappa shape index (κ3) is 3.80. The van der Waals surface area contributed by atoms with Gasteiger partial charge in [-0.25, -0.2) is 9.97 Å². The first-order valence-electron chi connectivity index (χ1n) is 4.53. The highest BCUT2D eigenvalue weighted by atomic mass is 16.1. The SMILES string of the molecule is CC(C)(CC(N)=O)Nc1ncc(N)cn1. The predicted octanol–water partition coefficient (Wildman–Crippen LogP) is 0.125. The van der Waals surface area contributed by atoms with Crippen molar-refractivity contribution < 1.29 is 4.79 Å². The van der Waals surface area contributed by atoms with Crippen LogP contribution < -0.4 is 16.8 Å². The van der Waals surface area contributed by atoms with Gasteiger partial charge in [0.15, 0.2) is 0 Å². The highest BCUT2D eigenvalue weighted by Gasteiger charge is 2.21. The lowest BCUT2D eigenvalue weighted by atomic mass is 10.0. The Hall–Kier alpha value is -1.85. The maximum absolute atomic E-state index is 10.8. The standard InChI is InChI=1S/C9H15N5O/c1-9(2,3-7(11)15)14-8-12-4-6(10)5-13-8/h4-5H,3,10H2,1-2H3,(H2,11,15)(H,12,13,14). The summed E-state index contributed by atoms with van der Waals surface area (Å²) in [5, 5.41) is 3.00. The summed E-state index contributed by atoms with van der Waals surface area (Å²) in [6.45, 7) is 3.69. The summed E-state index contributed by atoms with van der Waals surface area (Å²) in [6, 6.07) is 0. The van der Waals surface area contributed by atoms with E-state index in [1.54, 1.807) is 0 Å². The van der Waals surface area contributed by atoms with Crippen molar-refractivity contribution in [2.45, 2.75) is 25.8 Å². The molecular weight excluding hydrogens is 194 g/mol. The average molecular weight is 209 g/mol. The molecule has 0 aliphatic carbocycles. The van der Waals surface area contributed by atoms with Crippen LogP contribution in [0.2, 0.25) is 0 Å². The topological polar surface area (TPSA) is 107 Å². The number of nitrogen functional groups attached to an aromatic ring is 1. The smallest absolute Gasteiger partial charge is 0.223 e. The summed E-state index contributed by atoms with van der Waals surface area (Å²) < 4.78 is 0. The van der Waals surface area contributed by atoms with E-state index in [4.69, 9.17) is 11.5 Å². The number of aromatic nitrogens is 2. The molecule has 0 unspecified atom stereocenters. The van der Waals surface area contributed by atoms with E-state index < -0.39 is 5.54 Å². The fourth-order valence-electron chi connectivity index (χ4n) is 1.19. The van der Waals surface area contributed by atoms with Crippen LogP contribution in [-0.4, -0.2) is 21.4 Å². The van der Waals surface area contributed by atoms with Gasteiger partial charge >= 0.3 is 0 Å². The molecule has 5 N–H and O–H groups in total. The number of nitrogens with one attached hydrogen (secondary N) is 1.